The molecule has 0 bridgehead atoms. The Hall–Kier alpha value is -1.98. The lowest BCUT2D eigenvalue weighted by atomic mass is 10.4. The fourth-order valence-electron chi connectivity index (χ4n) is 1.88. The lowest BCUT2D eigenvalue weighted by Gasteiger charge is -2.24. The molecule has 1 fully saturated rings. The van der Waals surface area contributed by atoms with E-state index in [1.54, 1.807) is 7.05 Å². The zero-order chi connectivity index (χ0) is 13.1. The van der Waals surface area contributed by atoms with Crippen LogP contribution in [0.3, 0.4) is 0 Å². The van der Waals surface area contributed by atoms with Gasteiger partial charge >= 0.3 is 5.82 Å². The molecule has 1 aromatic heterocycles. The van der Waals surface area contributed by atoms with Crippen LogP contribution in [0.5, 0.6) is 0 Å². The van der Waals surface area contributed by atoms with Gasteiger partial charge in [-0.2, -0.15) is 5.26 Å². The third-order valence-electron chi connectivity index (χ3n) is 2.92. The van der Waals surface area contributed by atoms with Gasteiger partial charge in [-0.15, -0.1) is 0 Å². The highest BCUT2D eigenvalue weighted by atomic mass is 16.6. The molecule has 18 heavy (non-hydrogen) atoms. The molecule has 0 radical (unpaired) electrons. The van der Waals surface area contributed by atoms with Crippen LogP contribution in [0.15, 0.2) is 0 Å². The minimum Gasteiger partial charge on any atom is -0.379 e. The summed E-state index contributed by atoms with van der Waals surface area (Å²) < 4.78 is 6.71. The average Bonchev–Trinajstić information content (AvgIpc) is 2.68. The number of nitrogens with zero attached hydrogens (tertiary/aromatic N) is 5. The molecule has 0 atom stereocenters. The number of rotatable bonds is 3. The summed E-state index contributed by atoms with van der Waals surface area (Å²) in [6.07, 6.45) is 0. The molecule has 0 unspecified atom stereocenters. The smallest absolute Gasteiger partial charge is 0.379 e. The molecule has 0 aliphatic carbocycles. The maximum Gasteiger partial charge on any atom is 0.400 e. The maximum atomic E-state index is 10.8. The van der Waals surface area contributed by atoms with Crippen molar-refractivity contribution < 1.29 is 9.66 Å². The lowest BCUT2D eigenvalue weighted by molar-refractivity contribution is -0.389. The summed E-state index contributed by atoms with van der Waals surface area (Å²) >= 11 is 0. The van der Waals surface area contributed by atoms with Crippen LogP contribution in [-0.2, 0) is 18.3 Å². The molecule has 1 saturated heterocycles. The number of hydrogen-bond donors (Lipinski definition) is 0. The average molecular weight is 251 g/mol. The minimum absolute atomic E-state index is 0.0109. The SMILES string of the molecule is Cn1c(CN2CCOCC2)nc([N+](=O)[O-])c1C#N. The van der Waals surface area contributed by atoms with Gasteiger partial charge in [-0.25, -0.2) is 0 Å². The molecule has 0 spiro atoms. The Labute approximate surface area is 104 Å². The van der Waals surface area contributed by atoms with Crippen LogP contribution in [0.2, 0.25) is 0 Å². The zero-order valence-electron chi connectivity index (χ0n) is 10.00. The molecular formula is C10H13N5O3. The molecule has 1 aliphatic rings. The highest BCUT2D eigenvalue weighted by molar-refractivity contribution is 5.39. The van der Waals surface area contributed by atoms with E-state index in [-0.39, 0.29) is 11.5 Å². The topological polar surface area (TPSA) is 97.2 Å². The van der Waals surface area contributed by atoms with E-state index in [1.807, 2.05) is 6.07 Å². The molecule has 8 heteroatoms. The first kappa shape index (κ1) is 12.5. The van der Waals surface area contributed by atoms with Gasteiger partial charge in [0.2, 0.25) is 11.5 Å². The first-order valence-corrected chi connectivity index (χ1v) is 5.53. The fourth-order valence-corrected chi connectivity index (χ4v) is 1.88. The second-order valence-corrected chi connectivity index (χ2v) is 4.02. The van der Waals surface area contributed by atoms with Crippen LogP contribution in [-0.4, -0.2) is 45.7 Å². The van der Waals surface area contributed by atoms with E-state index < -0.39 is 4.92 Å². The van der Waals surface area contributed by atoms with Gasteiger partial charge in [0.05, 0.1) is 19.8 Å². The van der Waals surface area contributed by atoms with Gasteiger partial charge < -0.3 is 14.9 Å². The lowest BCUT2D eigenvalue weighted by Crippen LogP contribution is -2.36. The number of morpholine rings is 1. The molecular weight excluding hydrogens is 238 g/mol. The van der Waals surface area contributed by atoms with Crippen molar-refractivity contribution in [3.8, 4) is 6.07 Å². The molecule has 0 aromatic carbocycles. The predicted molar refractivity (Wildman–Crippen MR) is 60.7 cm³/mol. The van der Waals surface area contributed by atoms with Crippen LogP contribution in [0.25, 0.3) is 0 Å². The normalized spacial score (nSPS) is 16.4. The Kier molecular flexibility index (Phi) is 3.55. The number of ether oxygens (including phenoxy) is 1. The molecule has 2 heterocycles. The van der Waals surface area contributed by atoms with Crippen molar-refractivity contribution in [3.05, 3.63) is 21.6 Å². The number of hydrogen-bond acceptors (Lipinski definition) is 6. The Balaban J connectivity index is 2.23. The zero-order valence-corrected chi connectivity index (χ0v) is 10.00. The monoisotopic (exact) mass is 251 g/mol. The highest BCUT2D eigenvalue weighted by Gasteiger charge is 2.27. The van der Waals surface area contributed by atoms with Gasteiger partial charge in [-0.3, -0.25) is 9.47 Å². The number of nitro groups is 1. The van der Waals surface area contributed by atoms with Gasteiger partial charge in [0.1, 0.15) is 6.07 Å². The summed E-state index contributed by atoms with van der Waals surface area (Å²) in [7, 11) is 1.62. The minimum atomic E-state index is -0.624. The van der Waals surface area contributed by atoms with Crippen LogP contribution in [0, 0.1) is 21.4 Å². The van der Waals surface area contributed by atoms with E-state index in [1.165, 1.54) is 4.57 Å². The third-order valence-corrected chi connectivity index (χ3v) is 2.92. The molecule has 8 nitrogen and oxygen atoms in total. The molecule has 1 aliphatic heterocycles. The Morgan fingerprint density at radius 1 is 1.56 bits per heavy atom. The van der Waals surface area contributed by atoms with Crippen LogP contribution in [0.1, 0.15) is 11.5 Å². The predicted octanol–water partition coefficient (Wildman–Crippen LogP) is 0.0322. The van der Waals surface area contributed by atoms with E-state index in [4.69, 9.17) is 10.00 Å². The van der Waals surface area contributed by atoms with E-state index in [0.717, 1.165) is 13.1 Å². The molecule has 0 saturated carbocycles. The van der Waals surface area contributed by atoms with Gasteiger partial charge in [0.15, 0.2) is 0 Å². The number of aromatic nitrogens is 2. The summed E-state index contributed by atoms with van der Waals surface area (Å²) in [5.41, 5.74) is -0.0109. The van der Waals surface area contributed by atoms with Crippen LogP contribution >= 0.6 is 0 Å². The Morgan fingerprint density at radius 2 is 2.22 bits per heavy atom. The van der Waals surface area contributed by atoms with Gasteiger partial charge in [-0.05, 0) is 9.91 Å². The van der Waals surface area contributed by atoms with Crippen molar-refractivity contribution in [1.29, 1.82) is 5.26 Å². The van der Waals surface area contributed by atoms with Crippen molar-refractivity contribution in [2.24, 2.45) is 7.05 Å². The van der Waals surface area contributed by atoms with Crippen molar-refractivity contribution in [3.63, 3.8) is 0 Å². The second-order valence-electron chi connectivity index (χ2n) is 4.02. The first-order chi connectivity index (χ1) is 8.63. The summed E-state index contributed by atoms with van der Waals surface area (Å²) in [6, 6.07) is 1.82. The molecule has 96 valence electrons. The molecule has 0 amide bonds. The standard InChI is InChI=1S/C10H13N5O3/c1-13-8(6-11)10(15(16)17)12-9(13)7-14-2-4-18-5-3-14/h2-5,7H2,1H3. The Bertz CT molecular complexity index is 498. The highest BCUT2D eigenvalue weighted by Crippen LogP contribution is 2.18. The fraction of sp³-hybridized carbons (Fsp3) is 0.600. The van der Waals surface area contributed by atoms with Crippen molar-refractivity contribution in [2.75, 3.05) is 26.3 Å². The summed E-state index contributed by atoms with van der Waals surface area (Å²) in [5, 5.41) is 19.7. The Morgan fingerprint density at radius 3 is 2.72 bits per heavy atom. The van der Waals surface area contributed by atoms with E-state index in [9.17, 15) is 10.1 Å². The number of nitriles is 1. The van der Waals surface area contributed by atoms with Crippen molar-refractivity contribution >= 4 is 5.82 Å². The van der Waals surface area contributed by atoms with Crippen molar-refractivity contribution in [1.82, 2.24) is 14.5 Å². The second kappa shape index (κ2) is 5.12. The molecule has 2 rings (SSSR count). The first-order valence-electron chi connectivity index (χ1n) is 5.53. The largest absolute Gasteiger partial charge is 0.400 e. The van der Waals surface area contributed by atoms with Gasteiger partial charge in [0, 0.05) is 20.1 Å². The molecule has 0 N–H and O–H groups in total. The summed E-state index contributed by atoms with van der Waals surface area (Å²) in [6.45, 7) is 3.32. The number of imidazole rings is 1. The molecule has 1 aromatic rings. The summed E-state index contributed by atoms with van der Waals surface area (Å²) in [4.78, 5) is 16.2. The maximum absolute atomic E-state index is 10.8. The van der Waals surface area contributed by atoms with Gasteiger partial charge in [-0.1, -0.05) is 0 Å². The van der Waals surface area contributed by atoms with E-state index in [2.05, 4.69) is 9.88 Å². The van der Waals surface area contributed by atoms with E-state index >= 15 is 0 Å². The van der Waals surface area contributed by atoms with Crippen LogP contribution in [0.4, 0.5) is 5.82 Å². The summed E-state index contributed by atoms with van der Waals surface area (Å²) in [5.74, 6) is 0.156. The third kappa shape index (κ3) is 2.32. The van der Waals surface area contributed by atoms with Gasteiger partial charge in [0.25, 0.3) is 0 Å². The quantitative estimate of drug-likeness (QED) is 0.555. The van der Waals surface area contributed by atoms with Crippen LogP contribution < -0.4 is 0 Å². The van der Waals surface area contributed by atoms with Crippen molar-refractivity contribution in [2.45, 2.75) is 6.54 Å². The van der Waals surface area contributed by atoms with E-state index in [0.29, 0.717) is 25.6 Å².